The normalized spacial score (nSPS) is 27.5. The van der Waals surface area contributed by atoms with E-state index in [9.17, 15) is 4.79 Å². The Bertz CT molecular complexity index is 858. The van der Waals surface area contributed by atoms with Gasteiger partial charge in [-0.25, -0.2) is 0 Å². The van der Waals surface area contributed by atoms with Crippen molar-refractivity contribution in [2.75, 3.05) is 20.6 Å². The number of benzene rings is 1. The number of nitrogens with one attached hydrogen (secondary N) is 1. The molecule has 152 valence electrons. The van der Waals surface area contributed by atoms with E-state index in [1.807, 2.05) is 0 Å². The lowest BCUT2D eigenvalue weighted by molar-refractivity contribution is -0.140. The SMILES string of the molecule is CCCCC1(N(C)C)CCC2(CC1)c1[nH]c3ccccc3c1CCN2C(C)=O. The number of hydrogen-bond donors (Lipinski definition) is 1. The second kappa shape index (κ2) is 7.22. The van der Waals surface area contributed by atoms with Gasteiger partial charge >= 0.3 is 0 Å². The van der Waals surface area contributed by atoms with E-state index in [1.54, 1.807) is 6.92 Å². The number of carbonyl (C=O) groups is 1. The van der Waals surface area contributed by atoms with Gasteiger partial charge in [0.15, 0.2) is 0 Å². The van der Waals surface area contributed by atoms with E-state index < -0.39 is 0 Å². The van der Waals surface area contributed by atoms with Crippen molar-refractivity contribution in [1.82, 2.24) is 14.8 Å². The molecule has 4 heteroatoms. The molecule has 0 unspecified atom stereocenters. The van der Waals surface area contributed by atoms with Crippen LogP contribution < -0.4 is 0 Å². The number of para-hydroxylation sites is 1. The van der Waals surface area contributed by atoms with Crippen molar-refractivity contribution in [3.8, 4) is 0 Å². The molecule has 1 saturated carbocycles. The molecule has 2 heterocycles. The molecule has 1 N–H and O–H groups in total. The van der Waals surface area contributed by atoms with Crippen molar-refractivity contribution in [3.63, 3.8) is 0 Å². The molecular formula is C24H35N3O. The number of aromatic amines is 1. The molecule has 0 bridgehead atoms. The Morgan fingerprint density at radius 2 is 1.89 bits per heavy atom. The van der Waals surface area contributed by atoms with Gasteiger partial charge in [0.25, 0.3) is 0 Å². The van der Waals surface area contributed by atoms with Crippen LogP contribution in [0.1, 0.15) is 70.1 Å². The van der Waals surface area contributed by atoms with Crippen LogP contribution in [-0.2, 0) is 16.8 Å². The molecule has 0 atom stereocenters. The summed E-state index contributed by atoms with van der Waals surface area (Å²) in [6.07, 6.45) is 9.13. The first-order chi connectivity index (χ1) is 13.4. The molecule has 0 radical (unpaired) electrons. The summed E-state index contributed by atoms with van der Waals surface area (Å²) in [7, 11) is 4.48. The Morgan fingerprint density at radius 1 is 1.18 bits per heavy atom. The zero-order valence-corrected chi connectivity index (χ0v) is 18.0. The Kier molecular flexibility index (Phi) is 5.03. The molecule has 2 aromatic rings. The molecular weight excluding hydrogens is 346 g/mol. The highest BCUT2D eigenvalue weighted by Gasteiger charge is 2.51. The zero-order valence-electron chi connectivity index (χ0n) is 18.0. The summed E-state index contributed by atoms with van der Waals surface area (Å²) in [6.45, 7) is 4.87. The topological polar surface area (TPSA) is 39.3 Å². The summed E-state index contributed by atoms with van der Waals surface area (Å²) >= 11 is 0. The van der Waals surface area contributed by atoms with E-state index in [1.165, 1.54) is 41.4 Å². The largest absolute Gasteiger partial charge is 0.356 e. The first-order valence-corrected chi connectivity index (χ1v) is 11.0. The molecule has 1 aromatic carbocycles. The number of H-pyrrole nitrogens is 1. The minimum Gasteiger partial charge on any atom is -0.356 e. The van der Waals surface area contributed by atoms with E-state index >= 15 is 0 Å². The highest BCUT2D eigenvalue weighted by molar-refractivity contribution is 5.86. The van der Waals surface area contributed by atoms with Gasteiger partial charge in [-0.2, -0.15) is 0 Å². The maximum atomic E-state index is 12.7. The highest BCUT2D eigenvalue weighted by Crippen LogP contribution is 2.51. The molecule has 1 aliphatic heterocycles. The molecule has 0 saturated heterocycles. The van der Waals surface area contributed by atoms with Crippen LogP contribution in [0.3, 0.4) is 0 Å². The van der Waals surface area contributed by atoms with Crippen LogP contribution in [0.25, 0.3) is 10.9 Å². The summed E-state index contributed by atoms with van der Waals surface area (Å²) < 4.78 is 0. The third-order valence-electron chi connectivity index (χ3n) is 7.71. The fraction of sp³-hybridized carbons (Fsp3) is 0.625. The summed E-state index contributed by atoms with van der Waals surface area (Å²) in [4.78, 5) is 21.1. The van der Waals surface area contributed by atoms with Crippen molar-refractivity contribution in [3.05, 3.63) is 35.5 Å². The summed E-state index contributed by atoms with van der Waals surface area (Å²) in [6, 6.07) is 8.63. The van der Waals surface area contributed by atoms with Gasteiger partial charge in [-0.15, -0.1) is 0 Å². The number of unbranched alkanes of at least 4 members (excludes halogenated alkanes) is 1. The zero-order chi connectivity index (χ0) is 19.9. The van der Waals surface area contributed by atoms with Crippen molar-refractivity contribution < 1.29 is 4.79 Å². The van der Waals surface area contributed by atoms with Crippen LogP contribution in [-0.4, -0.2) is 46.9 Å². The highest BCUT2D eigenvalue weighted by atomic mass is 16.2. The average Bonchev–Trinajstić information content (AvgIpc) is 3.07. The van der Waals surface area contributed by atoms with Crippen LogP contribution in [0, 0.1) is 0 Å². The van der Waals surface area contributed by atoms with E-state index in [-0.39, 0.29) is 17.0 Å². The van der Waals surface area contributed by atoms with Crippen molar-refractivity contribution in [2.45, 2.75) is 76.3 Å². The van der Waals surface area contributed by atoms with Crippen LogP contribution in [0.2, 0.25) is 0 Å². The summed E-state index contributed by atoms with van der Waals surface area (Å²) in [5.74, 6) is 0.218. The number of fused-ring (bicyclic) bond motifs is 4. The van der Waals surface area contributed by atoms with Gasteiger partial charge in [0.05, 0.1) is 5.54 Å². The number of amides is 1. The van der Waals surface area contributed by atoms with E-state index in [0.29, 0.717) is 0 Å². The Hall–Kier alpha value is -1.81. The minimum atomic E-state index is -0.163. The Labute approximate surface area is 169 Å². The fourth-order valence-electron chi connectivity index (χ4n) is 5.96. The van der Waals surface area contributed by atoms with E-state index in [0.717, 1.165) is 38.6 Å². The van der Waals surface area contributed by atoms with Crippen molar-refractivity contribution >= 4 is 16.8 Å². The van der Waals surface area contributed by atoms with Gasteiger partial charge in [-0.3, -0.25) is 4.79 Å². The number of hydrogen-bond acceptors (Lipinski definition) is 2. The van der Waals surface area contributed by atoms with Crippen LogP contribution in [0.4, 0.5) is 0 Å². The number of nitrogens with zero attached hydrogens (tertiary/aromatic N) is 2. The molecule has 1 amide bonds. The van der Waals surface area contributed by atoms with Gasteiger partial charge in [-0.05, 0) is 64.3 Å². The molecule has 1 fully saturated rings. The van der Waals surface area contributed by atoms with Gasteiger partial charge in [0.1, 0.15) is 0 Å². The third kappa shape index (κ3) is 2.88. The Morgan fingerprint density at radius 3 is 2.54 bits per heavy atom. The molecule has 4 rings (SSSR count). The second-order valence-electron chi connectivity index (χ2n) is 9.20. The number of aromatic nitrogens is 1. The van der Waals surface area contributed by atoms with Crippen molar-refractivity contribution in [1.29, 1.82) is 0 Å². The monoisotopic (exact) mass is 381 g/mol. The van der Waals surface area contributed by atoms with Gasteiger partial charge < -0.3 is 14.8 Å². The fourth-order valence-corrected chi connectivity index (χ4v) is 5.96. The van der Waals surface area contributed by atoms with Crippen LogP contribution in [0.15, 0.2) is 24.3 Å². The predicted molar refractivity (Wildman–Crippen MR) is 115 cm³/mol. The average molecular weight is 382 g/mol. The van der Waals surface area contributed by atoms with Crippen LogP contribution >= 0.6 is 0 Å². The molecule has 1 spiro atoms. The third-order valence-corrected chi connectivity index (χ3v) is 7.71. The molecule has 1 aliphatic carbocycles. The lowest BCUT2D eigenvalue weighted by Gasteiger charge is -2.55. The first kappa shape index (κ1) is 19.5. The molecule has 4 nitrogen and oxygen atoms in total. The molecule has 2 aliphatic rings. The molecule has 28 heavy (non-hydrogen) atoms. The van der Waals surface area contributed by atoms with Crippen LogP contribution in [0.5, 0.6) is 0 Å². The summed E-state index contributed by atoms with van der Waals surface area (Å²) in [5.41, 5.74) is 4.09. The first-order valence-electron chi connectivity index (χ1n) is 11.0. The van der Waals surface area contributed by atoms with Gasteiger partial charge in [0, 0.05) is 35.6 Å². The predicted octanol–water partition coefficient (Wildman–Crippen LogP) is 4.83. The quantitative estimate of drug-likeness (QED) is 0.824. The minimum absolute atomic E-state index is 0.163. The summed E-state index contributed by atoms with van der Waals surface area (Å²) in [5, 5.41) is 1.34. The van der Waals surface area contributed by atoms with E-state index in [2.05, 4.69) is 60.1 Å². The Balaban J connectivity index is 1.75. The second-order valence-corrected chi connectivity index (χ2v) is 9.20. The maximum Gasteiger partial charge on any atom is 0.220 e. The lowest BCUT2D eigenvalue weighted by atomic mass is 9.66. The maximum absolute atomic E-state index is 12.7. The van der Waals surface area contributed by atoms with E-state index in [4.69, 9.17) is 0 Å². The van der Waals surface area contributed by atoms with Gasteiger partial charge in [0.2, 0.25) is 5.91 Å². The smallest absolute Gasteiger partial charge is 0.220 e. The lowest BCUT2D eigenvalue weighted by Crippen LogP contribution is -2.59. The molecule has 1 aromatic heterocycles. The number of rotatable bonds is 4. The standard InChI is InChI=1S/C24H35N3O/c1-5-6-12-23(26(3)4)13-15-24(16-14-23)22-20(11-17-27(24)18(2)28)19-9-7-8-10-21(19)25-22/h7-10,25H,5-6,11-17H2,1-4H3. The van der Waals surface area contributed by atoms with Crippen molar-refractivity contribution in [2.24, 2.45) is 0 Å². The van der Waals surface area contributed by atoms with Gasteiger partial charge in [-0.1, -0.05) is 38.0 Å². The number of carbonyl (C=O) groups excluding carboxylic acids is 1.